The summed E-state index contributed by atoms with van der Waals surface area (Å²) in [6.07, 6.45) is 7.12. The smallest absolute Gasteiger partial charge is 0.256 e. The summed E-state index contributed by atoms with van der Waals surface area (Å²) in [6.45, 7) is 3.31. The quantitative estimate of drug-likeness (QED) is 0.804. The molecule has 1 aliphatic rings. The Bertz CT molecular complexity index is 899. The summed E-state index contributed by atoms with van der Waals surface area (Å²) in [7, 11) is 0. The van der Waals surface area contributed by atoms with Gasteiger partial charge in [-0.3, -0.25) is 9.48 Å². The van der Waals surface area contributed by atoms with E-state index in [0.717, 1.165) is 18.4 Å². The first kappa shape index (κ1) is 14.9. The first-order valence-corrected chi connectivity index (χ1v) is 8.04. The van der Waals surface area contributed by atoms with Crippen molar-refractivity contribution in [3.05, 3.63) is 47.8 Å². The van der Waals surface area contributed by atoms with Crippen LogP contribution >= 0.6 is 0 Å². The minimum absolute atomic E-state index is 0.0639. The van der Waals surface area contributed by atoms with Gasteiger partial charge in [0.15, 0.2) is 0 Å². The summed E-state index contributed by atoms with van der Waals surface area (Å²) in [5, 5.41) is 4.30. The van der Waals surface area contributed by atoms with Gasteiger partial charge < -0.3 is 9.88 Å². The third-order valence-electron chi connectivity index (χ3n) is 4.52. The zero-order chi connectivity index (χ0) is 16.7. The van der Waals surface area contributed by atoms with Crippen LogP contribution < -0.4 is 0 Å². The zero-order valence-electron chi connectivity index (χ0n) is 13.4. The summed E-state index contributed by atoms with van der Waals surface area (Å²) in [5.41, 5.74) is 2.46. The number of benzene rings is 1. The fourth-order valence-corrected chi connectivity index (χ4v) is 3.41. The van der Waals surface area contributed by atoms with Gasteiger partial charge in [0.25, 0.3) is 5.91 Å². The van der Waals surface area contributed by atoms with Gasteiger partial charge in [-0.2, -0.15) is 5.10 Å². The molecule has 3 heterocycles. The lowest BCUT2D eigenvalue weighted by atomic mass is 10.1. The lowest BCUT2D eigenvalue weighted by molar-refractivity contribution is 0.0723. The number of amides is 1. The number of H-pyrrole nitrogens is 1. The lowest BCUT2D eigenvalue weighted by Crippen LogP contribution is -2.38. The van der Waals surface area contributed by atoms with Crippen LogP contribution in [0, 0.1) is 12.7 Å². The molecule has 0 bridgehead atoms. The number of hydrogen-bond acceptors (Lipinski definition) is 3. The first-order valence-electron chi connectivity index (χ1n) is 8.04. The lowest BCUT2D eigenvalue weighted by Gasteiger charge is -2.25. The van der Waals surface area contributed by atoms with Crippen LogP contribution in [0.1, 0.15) is 28.8 Å². The average Bonchev–Trinajstić information content (AvgIpc) is 3.27. The summed E-state index contributed by atoms with van der Waals surface area (Å²) in [4.78, 5) is 21.9. The molecule has 1 saturated heterocycles. The Labute approximate surface area is 138 Å². The normalized spacial score (nSPS) is 17.8. The first-order chi connectivity index (χ1) is 11.6. The van der Waals surface area contributed by atoms with E-state index in [1.807, 2.05) is 22.7 Å². The summed E-state index contributed by atoms with van der Waals surface area (Å²) < 4.78 is 15.7. The minimum atomic E-state index is -0.437. The second kappa shape index (κ2) is 5.74. The van der Waals surface area contributed by atoms with Crippen LogP contribution in [-0.4, -0.2) is 43.1 Å². The summed E-state index contributed by atoms with van der Waals surface area (Å²) in [6, 6.07) is 2.69. The van der Waals surface area contributed by atoms with E-state index in [1.165, 1.54) is 18.5 Å². The number of imidazole rings is 1. The molecule has 0 saturated carbocycles. The van der Waals surface area contributed by atoms with Crippen molar-refractivity contribution in [1.82, 2.24) is 24.6 Å². The predicted octanol–water partition coefficient (Wildman–Crippen LogP) is 2.51. The number of aromatic amines is 1. The molecule has 0 spiro atoms. The standard InChI is InChI=1S/C17H18FN5O/c1-11-7-21-22(8-11)9-13-3-2-4-23(13)17(24)14-5-12(18)6-15-16(14)20-10-19-15/h5-8,10,13H,2-4,9H2,1H3,(H,19,20)/t13-/m1/s1. The van der Waals surface area contributed by atoms with Gasteiger partial charge in [0.2, 0.25) is 0 Å². The van der Waals surface area contributed by atoms with Crippen molar-refractivity contribution in [3.63, 3.8) is 0 Å². The van der Waals surface area contributed by atoms with E-state index in [2.05, 4.69) is 15.1 Å². The highest BCUT2D eigenvalue weighted by atomic mass is 19.1. The van der Waals surface area contributed by atoms with Crippen LogP contribution in [0.4, 0.5) is 4.39 Å². The van der Waals surface area contributed by atoms with Gasteiger partial charge in [0.05, 0.1) is 36.2 Å². The molecular weight excluding hydrogens is 309 g/mol. The van der Waals surface area contributed by atoms with Crippen molar-refractivity contribution in [2.24, 2.45) is 0 Å². The van der Waals surface area contributed by atoms with E-state index in [4.69, 9.17) is 0 Å². The number of nitrogens with one attached hydrogen (secondary N) is 1. The average molecular weight is 327 g/mol. The van der Waals surface area contributed by atoms with Crippen molar-refractivity contribution in [2.75, 3.05) is 6.54 Å². The van der Waals surface area contributed by atoms with Crippen molar-refractivity contribution < 1.29 is 9.18 Å². The molecule has 7 heteroatoms. The number of aromatic nitrogens is 4. The van der Waals surface area contributed by atoms with E-state index < -0.39 is 5.82 Å². The Hall–Kier alpha value is -2.70. The van der Waals surface area contributed by atoms with Crippen LogP contribution in [0.25, 0.3) is 11.0 Å². The van der Waals surface area contributed by atoms with Crippen LogP contribution in [0.3, 0.4) is 0 Å². The summed E-state index contributed by atoms with van der Waals surface area (Å²) >= 11 is 0. The minimum Gasteiger partial charge on any atom is -0.344 e. The molecular formula is C17H18FN5O. The number of carbonyl (C=O) groups is 1. The Morgan fingerprint density at radius 3 is 3.12 bits per heavy atom. The van der Waals surface area contributed by atoms with Crippen LogP contribution in [-0.2, 0) is 6.54 Å². The molecule has 0 unspecified atom stereocenters. The van der Waals surface area contributed by atoms with Crippen LogP contribution in [0.15, 0.2) is 30.9 Å². The molecule has 24 heavy (non-hydrogen) atoms. The van der Waals surface area contributed by atoms with Gasteiger partial charge in [-0.15, -0.1) is 0 Å². The molecule has 1 amide bonds. The van der Waals surface area contributed by atoms with Crippen LogP contribution in [0.5, 0.6) is 0 Å². The molecule has 1 fully saturated rings. The molecule has 0 radical (unpaired) electrons. The number of hydrogen-bond donors (Lipinski definition) is 1. The second-order valence-electron chi connectivity index (χ2n) is 6.29. The third-order valence-corrected chi connectivity index (χ3v) is 4.52. The Morgan fingerprint density at radius 2 is 2.33 bits per heavy atom. The van der Waals surface area contributed by atoms with Crippen LogP contribution in [0.2, 0.25) is 0 Å². The van der Waals surface area contributed by atoms with Crippen molar-refractivity contribution in [3.8, 4) is 0 Å². The Kier molecular flexibility index (Phi) is 3.55. The molecule has 0 aliphatic carbocycles. The molecule has 4 rings (SSSR count). The van der Waals surface area contributed by atoms with Crippen molar-refractivity contribution >= 4 is 16.9 Å². The highest BCUT2D eigenvalue weighted by Gasteiger charge is 2.31. The van der Waals surface area contributed by atoms with E-state index >= 15 is 0 Å². The van der Waals surface area contributed by atoms with E-state index in [-0.39, 0.29) is 11.9 Å². The largest absolute Gasteiger partial charge is 0.344 e. The molecule has 1 aliphatic heterocycles. The molecule has 2 aromatic heterocycles. The van der Waals surface area contributed by atoms with Crippen molar-refractivity contribution in [1.29, 1.82) is 0 Å². The van der Waals surface area contributed by atoms with Gasteiger partial charge >= 0.3 is 0 Å². The predicted molar refractivity (Wildman–Crippen MR) is 87.1 cm³/mol. The highest BCUT2D eigenvalue weighted by Crippen LogP contribution is 2.25. The highest BCUT2D eigenvalue weighted by molar-refractivity contribution is 6.05. The number of carbonyl (C=O) groups excluding carboxylic acids is 1. The number of halogens is 1. The summed E-state index contributed by atoms with van der Waals surface area (Å²) in [5.74, 6) is -0.605. The fourth-order valence-electron chi connectivity index (χ4n) is 3.41. The maximum atomic E-state index is 13.8. The molecule has 6 nitrogen and oxygen atoms in total. The number of rotatable bonds is 3. The van der Waals surface area contributed by atoms with Gasteiger partial charge in [-0.05, 0) is 37.5 Å². The van der Waals surface area contributed by atoms with E-state index in [9.17, 15) is 9.18 Å². The number of fused-ring (bicyclic) bond motifs is 1. The van der Waals surface area contributed by atoms with Gasteiger partial charge in [0, 0.05) is 12.7 Å². The fraction of sp³-hybridized carbons (Fsp3) is 0.353. The van der Waals surface area contributed by atoms with Gasteiger partial charge in [0.1, 0.15) is 11.3 Å². The third kappa shape index (κ3) is 2.55. The monoisotopic (exact) mass is 327 g/mol. The number of aryl methyl sites for hydroxylation is 1. The maximum absolute atomic E-state index is 13.8. The SMILES string of the molecule is Cc1cnn(C[C@H]2CCCN2C(=O)c2cc(F)cc3[nH]cnc23)c1. The second-order valence-corrected chi connectivity index (χ2v) is 6.29. The van der Waals surface area contributed by atoms with E-state index in [1.54, 1.807) is 6.20 Å². The molecule has 1 N–H and O–H groups in total. The van der Waals surface area contributed by atoms with Crippen molar-refractivity contribution in [2.45, 2.75) is 32.4 Å². The molecule has 1 atom stereocenters. The number of nitrogens with zero attached hydrogens (tertiary/aromatic N) is 4. The van der Waals surface area contributed by atoms with Gasteiger partial charge in [-0.25, -0.2) is 9.37 Å². The van der Waals surface area contributed by atoms with Gasteiger partial charge in [-0.1, -0.05) is 0 Å². The number of likely N-dealkylation sites (tertiary alicyclic amines) is 1. The maximum Gasteiger partial charge on any atom is 0.256 e. The zero-order valence-corrected chi connectivity index (χ0v) is 13.4. The van der Waals surface area contributed by atoms with E-state index in [0.29, 0.717) is 29.7 Å². The molecule has 124 valence electrons. The topological polar surface area (TPSA) is 66.8 Å². The Morgan fingerprint density at radius 1 is 1.46 bits per heavy atom. The Balaban J connectivity index is 1.63. The molecule has 3 aromatic rings. The molecule has 1 aromatic carbocycles.